The van der Waals surface area contributed by atoms with Crippen molar-refractivity contribution in [1.29, 1.82) is 0 Å². The number of rotatable bonds is 7. The summed E-state index contributed by atoms with van der Waals surface area (Å²) in [5.74, 6) is -0.0774. The lowest BCUT2D eigenvalue weighted by atomic mass is 10.0. The quantitative estimate of drug-likeness (QED) is 0.562. The fourth-order valence-corrected chi connectivity index (χ4v) is 6.49. The molecular weight excluding hydrogens is 452 g/mol. The van der Waals surface area contributed by atoms with E-state index in [2.05, 4.69) is 10.2 Å². The Morgan fingerprint density at radius 3 is 2.50 bits per heavy atom. The zero-order valence-corrected chi connectivity index (χ0v) is 19.5. The summed E-state index contributed by atoms with van der Waals surface area (Å²) in [6.45, 7) is 0.688. The maximum Gasteiger partial charge on any atom is 0.229 e. The Labute approximate surface area is 191 Å². The van der Waals surface area contributed by atoms with Gasteiger partial charge in [-0.2, -0.15) is 0 Å². The number of ether oxygens (including phenoxy) is 1. The number of carbonyl (C=O) groups is 2. The highest BCUT2D eigenvalue weighted by Crippen LogP contribution is 2.34. The number of nitrogens with zero attached hydrogens (tertiary/aromatic N) is 4. The van der Waals surface area contributed by atoms with Crippen LogP contribution in [-0.4, -0.2) is 72.1 Å². The van der Waals surface area contributed by atoms with E-state index in [0.717, 1.165) is 39.1 Å². The average molecular weight is 479 g/mol. The topological polar surface area (TPSA) is 110 Å². The molecule has 0 bridgehead atoms. The maximum atomic E-state index is 12.9. The number of methoxy groups -OCH3 is 1. The minimum atomic E-state index is -3.59. The van der Waals surface area contributed by atoms with Gasteiger partial charge in [0.1, 0.15) is 15.8 Å². The Morgan fingerprint density at radius 2 is 1.81 bits per heavy atom. The number of hydrogen-bond acceptors (Lipinski definition) is 8. The second-order valence-electron chi connectivity index (χ2n) is 7.98. The number of likely N-dealkylation sites (tertiary alicyclic amines) is 1. The molecule has 0 N–H and O–H groups in total. The van der Waals surface area contributed by atoms with E-state index in [1.807, 2.05) is 24.3 Å². The Hall–Kier alpha value is -2.37. The second kappa shape index (κ2) is 9.63. The molecule has 0 radical (unpaired) electrons. The number of benzene rings is 1. The lowest BCUT2D eigenvalue weighted by Gasteiger charge is -2.32. The normalized spacial score (nSPS) is 20.5. The predicted molar refractivity (Wildman–Crippen MR) is 120 cm³/mol. The van der Waals surface area contributed by atoms with E-state index in [1.165, 1.54) is 15.6 Å². The zero-order valence-electron chi connectivity index (χ0n) is 17.9. The molecule has 2 fully saturated rings. The molecule has 3 heterocycles. The van der Waals surface area contributed by atoms with Crippen LogP contribution in [0.4, 0.5) is 0 Å². The fraction of sp³-hybridized carbons (Fsp3) is 0.524. The molecule has 2 aromatic rings. The van der Waals surface area contributed by atoms with Crippen LogP contribution in [0, 0.1) is 0 Å². The minimum absolute atomic E-state index is 0.0266. The number of aromatic nitrogens is 2. The predicted octanol–water partition coefficient (Wildman–Crippen LogP) is 2.26. The minimum Gasteiger partial charge on any atom is -0.497 e. The smallest absolute Gasteiger partial charge is 0.229 e. The summed E-state index contributed by atoms with van der Waals surface area (Å²) < 4.78 is 32.5. The standard InChI is InChI=1S/C21H26N4O5S2/c1-30-17-9-7-15(8-10-17)20-22-23-21(31-20)16-4-3-11-24(14-16)32(28,29)13-12-25-18(26)5-2-6-19(25)27/h7-10,16H,2-6,11-14H2,1H3. The molecule has 2 amide bonds. The van der Waals surface area contributed by atoms with Gasteiger partial charge in [0.25, 0.3) is 0 Å². The first kappa shape index (κ1) is 22.8. The van der Waals surface area contributed by atoms with Crippen molar-refractivity contribution in [2.75, 3.05) is 32.5 Å². The second-order valence-corrected chi connectivity index (χ2v) is 11.1. The number of hydrogen-bond donors (Lipinski definition) is 0. The summed E-state index contributed by atoms with van der Waals surface area (Å²) in [5.41, 5.74) is 0.936. The third kappa shape index (κ3) is 5.00. The van der Waals surface area contributed by atoms with E-state index in [9.17, 15) is 18.0 Å². The third-order valence-electron chi connectivity index (χ3n) is 5.86. The van der Waals surface area contributed by atoms with E-state index < -0.39 is 10.0 Å². The molecule has 172 valence electrons. The van der Waals surface area contributed by atoms with Crippen molar-refractivity contribution in [3.8, 4) is 16.3 Å². The van der Waals surface area contributed by atoms with Crippen LogP contribution in [0.5, 0.6) is 5.75 Å². The largest absolute Gasteiger partial charge is 0.497 e. The molecule has 11 heteroatoms. The van der Waals surface area contributed by atoms with Gasteiger partial charge in [0.05, 0.1) is 12.9 Å². The summed E-state index contributed by atoms with van der Waals surface area (Å²) in [6.07, 6.45) is 2.70. The molecule has 1 unspecified atom stereocenters. The van der Waals surface area contributed by atoms with Crippen LogP contribution in [0.25, 0.3) is 10.6 Å². The van der Waals surface area contributed by atoms with Gasteiger partial charge in [0.15, 0.2) is 0 Å². The van der Waals surface area contributed by atoms with Gasteiger partial charge in [-0.1, -0.05) is 11.3 Å². The lowest BCUT2D eigenvalue weighted by molar-refractivity contribution is -0.147. The molecule has 0 saturated carbocycles. The Bertz CT molecular complexity index is 1070. The molecule has 0 spiro atoms. The first-order valence-electron chi connectivity index (χ1n) is 10.7. The number of imide groups is 1. The van der Waals surface area contributed by atoms with Gasteiger partial charge in [0.2, 0.25) is 21.8 Å². The number of carbonyl (C=O) groups excluding carboxylic acids is 2. The average Bonchev–Trinajstić information content (AvgIpc) is 3.29. The molecule has 9 nitrogen and oxygen atoms in total. The highest BCUT2D eigenvalue weighted by molar-refractivity contribution is 7.89. The fourth-order valence-electron chi connectivity index (χ4n) is 4.03. The summed E-state index contributed by atoms with van der Waals surface area (Å²) in [4.78, 5) is 25.0. The number of sulfonamides is 1. The molecule has 32 heavy (non-hydrogen) atoms. The molecule has 4 rings (SSSR count). The van der Waals surface area contributed by atoms with E-state index in [-0.39, 0.29) is 30.0 Å². The van der Waals surface area contributed by atoms with Crippen molar-refractivity contribution in [2.45, 2.75) is 38.0 Å². The van der Waals surface area contributed by atoms with Crippen LogP contribution in [0.2, 0.25) is 0 Å². The van der Waals surface area contributed by atoms with Crippen LogP contribution < -0.4 is 4.74 Å². The molecule has 1 aromatic carbocycles. The summed E-state index contributed by atoms with van der Waals surface area (Å²) in [7, 11) is -1.98. The van der Waals surface area contributed by atoms with Gasteiger partial charge in [-0.25, -0.2) is 12.7 Å². The molecule has 2 aliphatic heterocycles. The van der Waals surface area contributed by atoms with Gasteiger partial charge in [0, 0.05) is 44.0 Å². The van der Waals surface area contributed by atoms with Gasteiger partial charge in [-0.15, -0.1) is 10.2 Å². The van der Waals surface area contributed by atoms with Crippen LogP contribution >= 0.6 is 11.3 Å². The molecular formula is C21H26N4O5S2. The SMILES string of the molecule is COc1ccc(-c2nnc(C3CCCN(S(=O)(=O)CCN4C(=O)CCCC4=O)C3)s2)cc1. The Morgan fingerprint density at radius 1 is 1.09 bits per heavy atom. The molecule has 2 saturated heterocycles. The highest BCUT2D eigenvalue weighted by Gasteiger charge is 2.33. The zero-order chi connectivity index (χ0) is 22.7. The van der Waals surface area contributed by atoms with Crippen molar-refractivity contribution in [2.24, 2.45) is 0 Å². The number of amides is 2. The van der Waals surface area contributed by atoms with Crippen LogP contribution in [0.3, 0.4) is 0 Å². The summed E-state index contributed by atoms with van der Waals surface area (Å²) in [5, 5.41) is 10.2. The van der Waals surface area contributed by atoms with Crippen molar-refractivity contribution in [3.05, 3.63) is 29.3 Å². The monoisotopic (exact) mass is 478 g/mol. The summed E-state index contributed by atoms with van der Waals surface area (Å²) in [6, 6.07) is 7.57. The van der Waals surface area contributed by atoms with Gasteiger partial charge in [-0.3, -0.25) is 14.5 Å². The van der Waals surface area contributed by atoms with E-state index >= 15 is 0 Å². The van der Waals surface area contributed by atoms with Crippen molar-refractivity contribution >= 4 is 33.2 Å². The van der Waals surface area contributed by atoms with Gasteiger partial charge in [-0.05, 0) is 43.5 Å². The Kier molecular flexibility index (Phi) is 6.87. The van der Waals surface area contributed by atoms with Crippen molar-refractivity contribution < 1.29 is 22.7 Å². The van der Waals surface area contributed by atoms with E-state index in [1.54, 1.807) is 7.11 Å². The first-order chi connectivity index (χ1) is 15.4. The number of piperidine rings is 2. The van der Waals surface area contributed by atoms with Crippen LogP contribution in [0.1, 0.15) is 43.0 Å². The lowest BCUT2D eigenvalue weighted by Crippen LogP contribution is -2.46. The molecule has 2 aliphatic rings. The van der Waals surface area contributed by atoms with Gasteiger partial charge >= 0.3 is 0 Å². The Balaban J connectivity index is 1.41. The molecule has 1 aromatic heterocycles. The van der Waals surface area contributed by atoms with E-state index in [0.29, 0.717) is 32.4 Å². The maximum absolute atomic E-state index is 12.9. The molecule has 1 atom stereocenters. The summed E-state index contributed by atoms with van der Waals surface area (Å²) >= 11 is 1.47. The first-order valence-corrected chi connectivity index (χ1v) is 13.1. The molecule has 0 aliphatic carbocycles. The highest BCUT2D eigenvalue weighted by atomic mass is 32.2. The van der Waals surface area contributed by atoms with Crippen LogP contribution in [0.15, 0.2) is 24.3 Å². The van der Waals surface area contributed by atoms with Crippen LogP contribution in [-0.2, 0) is 19.6 Å². The third-order valence-corrected chi connectivity index (χ3v) is 8.81. The van der Waals surface area contributed by atoms with E-state index in [4.69, 9.17) is 4.74 Å². The van der Waals surface area contributed by atoms with Crippen molar-refractivity contribution in [3.63, 3.8) is 0 Å². The van der Waals surface area contributed by atoms with Crippen molar-refractivity contribution in [1.82, 2.24) is 19.4 Å². The van der Waals surface area contributed by atoms with Gasteiger partial charge < -0.3 is 4.74 Å².